The molecule has 184 valence electrons. The molecule has 4 heterocycles. The number of aryl methyl sites for hydroxylation is 2. The Bertz CT molecular complexity index is 1160. The maximum atomic E-state index is 12.9. The highest BCUT2D eigenvalue weighted by Gasteiger charge is 2.19. The van der Waals surface area contributed by atoms with Crippen molar-refractivity contribution in [3.63, 3.8) is 0 Å². The van der Waals surface area contributed by atoms with Crippen LogP contribution in [0.15, 0.2) is 42.9 Å². The highest BCUT2D eigenvalue weighted by atomic mass is 16.5. The zero-order chi connectivity index (χ0) is 24.2. The second-order valence-electron chi connectivity index (χ2n) is 9.48. The molecule has 1 amide bonds. The summed E-state index contributed by atoms with van der Waals surface area (Å²) in [6.45, 7) is 10.7. The SMILES string of the molecule is Cc1ncnc(C)c1-c1cc(NC(=O)CN2CCn3cccc3C2)ccc1OCCN1CCCC1. The van der Waals surface area contributed by atoms with E-state index in [1.807, 2.05) is 32.0 Å². The zero-order valence-electron chi connectivity index (χ0n) is 20.7. The van der Waals surface area contributed by atoms with Crippen molar-refractivity contribution >= 4 is 11.6 Å². The summed E-state index contributed by atoms with van der Waals surface area (Å²) >= 11 is 0. The first-order valence-corrected chi connectivity index (χ1v) is 12.5. The lowest BCUT2D eigenvalue weighted by Crippen LogP contribution is -2.38. The van der Waals surface area contributed by atoms with Gasteiger partial charge in [-0.1, -0.05) is 0 Å². The lowest BCUT2D eigenvalue weighted by Gasteiger charge is -2.28. The fourth-order valence-electron chi connectivity index (χ4n) is 5.11. The van der Waals surface area contributed by atoms with E-state index >= 15 is 0 Å². The van der Waals surface area contributed by atoms with E-state index in [-0.39, 0.29) is 5.91 Å². The van der Waals surface area contributed by atoms with Crippen LogP contribution in [0.2, 0.25) is 0 Å². The second kappa shape index (κ2) is 10.6. The minimum Gasteiger partial charge on any atom is -0.492 e. The molecule has 2 aliphatic heterocycles. The van der Waals surface area contributed by atoms with Crippen molar-refractivity contribution in [2.75, 3.05) is 44.6 Å². The van der Waals surface area contributed by atoms with Gasteiger partial charge < -0.3 is 14.6 Å². The molecular weight excluding hydrogens is 440 g/mol. The van der Waals surface area contributed by atoms with Gasteiger partial charge in [-0.15, -0.1) is 0 Å². The number of rotatable bonds is 8. The highest BCUT2D eigenvalue weighted by molar-refractivity contribution is 5.93. The average molecular weight is 475 g/mol. The van der Waals surface area contributed by atoms with Crippen molar-refractivity contribution < 1.29 is 9.53 Å². The van der Waals surface area contributed by atoms with Crippen LogP contribution in [0.5, 0.6) is 5.75 Å². The number of carbonyl (C=O) groups excluding carboxylic acids is 1. The van der Waals surface area contributed by atoms with Gasteiger partial charge in [0.2, 0.25) is 5.91 Å². The molecule has 0 aliphatic carbocycles. The molecule has 0 spiro atoms. The summed E-state index contributed by atoms with van der Waals surface area (Å²) in [5.41, 5.74) is 5.65. The third-order valence-corrected chi connectivity index (χ3v) is 6.96. The number of hydrogen-bond acceptors (Lipinski definition) is 6. The Morgan fingerprint density at radius 1 is 1.03 bits per heavy atom. The quantitative estimate of drug-likeness (QED) is 0.539. The molecular formula is C27H34N6O2. The molecule has 0 radical (unpaired) electrons. The van der Waals surface area contributed by atoms with E-state index in [4.69, 9.17) is 4.74 Å². The first-order chi connectivity index (χ1) is 17.1. The molecule has 1 N–H and O–H groups in total. The van der Waals surface area contributed by atoms with Crippen LogP contribution in [0.1, 0.15) is 29.9 Å². The van der Waals surface area contributed by atoms with Crippen LogP contribution in [-0.2, 0) is 17.9 Å². The lowest BCUT2D eigenvalue weighted by atomic mass is 10.0. The molecule has 35 heavy (non-hydrogen) atoms. The number of nitrogens with one attached hydrogen (secondary N) is 1. The number of anilines is 1. The van der Waals surface area contributed by atoms with E-state index in [9.17, 15) is 4.79 Å². The Morgan fingerprint density at radius 3 is 2.63 bits per heavy atom. The van der Waals surface area contributed by atoms with Crippen LogP contribution in [0.4, 0.5) is 5.69 Å². The maximum Gasteiger partial charge on any atom is 0.238 e. The van der Waals surface area contributed by atoms with Crippen molar-refractivity contribution in [1.29, 1.82) is 0 Å². The molecule has 3 aromatic rings. The van der Waals surface area contributed by atoms with Crippen LogP contribution in [0.3, 0.4) is 0 Å². The lowest BCUT2D eigenvalue weighted by molar-refractivity contribution is -0.117. The molecule has 8 nitrogen and oxygen atoms in total. The van der Waals surface area contributed by atoms with Gasteiger partial charge in [-0.25, -0.2) is 9.97 Å². The first kappa shape index (κ1) is 23.5. The van der Waals surface area contributed by atoms with Gasteiger partial charge in [0.15, 0.2) is 0 Å². The minimum absolute atomic E-state index is 0.0172. The summed E-state index contributed by atoms with van der Waals surface area (Å²) in [5.74, 6) is 0.774. The number of amides is 1. The number of aromatic nitrogens is 3. The fraction of sp³-hybridized carbons (Fsp3) is 0.444. The second-order valence-corrected chi connectivity index (χ2v) is 9.48. The van der Waals surface area contributed by atoms with Gasteiger partial charge in [0.25, 0.3) is 0 Å². The number of likely N-dealkylation sites (tertiary alicyclic amines) is 1. The van der Waals surface area contributed by atoms with Crippen LogP contribution in [0.25, 0.3) is 11.1 Å². The summed E-state index contributed by atoms with van der Waals surface area (Å²) in [6.07, 6.45) is 6.22. The third-order valence-electron chi connectivity index (χ3n) is 6.96. The Balaban J connectivity index is 1.31. The number of ether oxygens (including phenoxy) is 1. The van der Waals surface area contributed by atoms with Gasteiger partial charge >= 0.3 is 0 Å². The van der Waals surface area contributed by atoms with Gasteiger partial charge in [-0.3, -0.25) is 14.6 Å². The Hall–Kier alpha value is -3.23. The predicted octanol–water partition coefficient (Wildman–Crippen LogP) is 3.49. The molecule has 5 rings (SSSR count). The van der Waals surface area contributed by atoms with Crippen molar-refractivity contribution in [1.82, 2.24) is 24.3 Å². The minimum atomic E-state index is -0.0172. The van der Waals surface area contributed by atoms with E-state index in [0.717, 1.165) is 73.2 Å². The smallest absolute Gasteiger partial charge is 0.238 e. The summed E-state index contributed by atoms with van der Waals surface area (Å²) in [4.78, 5) is 26.3. The van der Waals surface area contributed by atoms with Crippen LogP contribution in [-0.4, -0.2) is 69.6 Å². The topological polar surface area (TPSA) is 75.5 Å². The van der Waals surface area contributed by atoms with E-state index < -0.39 is 0 Å². The highest BCUT2D eigenvalue weighted by Crippen LogP contribution is 2.35. The van der Waals surface area contributed by atoms with Crippen molar-refractivity contribution in [3.05, 3.63) is 59.9 Å². The molecule has 8 heteroatoms. The standard InChI is InChI=1S/C27H34N6O2/c1-20-27(21(2)29-19-28-20)24-16-22(7-8-25(24)35-15-14-31-9-3-4-10-31)30-26(34)18-32-12-13-33-11-5-6-23(33)17-32/h5-8,11,16,19H,3-4,9-10,12-15,17-18H2,1-2H3,(H,30,34). The van der Waals surface area contributed by atoms with E-state index in [1.54, 1.807) is 6.33 Å². The van der Waals surface area contributed by atoms with Gasteiger partial charge in [-0.2, -0.15) is 0 Å². The van der Waals surface area contributed by atoms with Crippen LogP contribution < -0.4 is 10.1 Å². The molecule has 2 aliphatic rings. The van der Waals surface area contributed by atoms with E-state index in [1.165, 1.54) is 18.5 Å². The summed E-state index contributed by atoms with van der Waals surface area (Å²) in [7, 11) is 0. The van der Waals surface area contributed by atoms with Gasteiger partial charge in [0.1, 0.15) is 18.7 Å². The summed E-state index contributed by atoms with van der Waals surface area (Å²) in [6, 6.07) is 10.0. The predicted molar refractivity (Wildman–Crippen MR) is 136 cm³/mol. The largest absolute Gasteiger partial charge is 0.492 e. The Kier molecular flexibility index (Phi) is 7.11. The third kappa shape index (κ3) is 5.55. The van der Waals surface area contributed by atoms with E-state index in [0.29, 0.717) is 13.2 Å². The molecule has 1 saturated heterocycles. The van der Waals surface area contributed by atoms with Crippen molar-refractivity contribution in [2.45, 2.75) is 39.8 Å². The number of hydrogen-bond donors (Lipinski definition) is 1. The number of benzene rings is 1. The van der Waals surface area contributed by atoms with Gasteiger partial charge in [-0.05, 0) is 70.1 Å². The average Bonchev–Trinajstić information content (AvgIpc) is 3.52. The van der Waals surface area contributed by atoms with E-state index in [2.05, 4.69) is 48.0 Å². The monoisotopic (exact) mass is 474 g/mol. The number of carbonyl (C=O) groups is 1. The normalized spacial score (nSPS) is 16.3. The Morgan fingerprint density at radius 2 is 1.83 bits per heavy atom. The van der Waals surface area contributed by atoms with Gasteiger partial charge in [0.05, 0.1) is 6.54 Å². The molecule has 1 fully saturated rings. The molecule has 0 bridgehead atoms. The van der Waals surface area contributed by atoms with Crippen molar-refractivity contribution in [2.24, 2.45) is 0 Å². The molecule has 2 aromatic heterocycles. The maximum absolute atomic E-state index is 12.9. The van der Waals surface area contributed by atoms with Gasteiger partial charge in [0, 0.05) is 66.3 Å². The Labute approximate surface area is 206 Å². The summed E-state index contributed by atoms with van der Waals surface area (Å²) < 4.78 is 8.50. The number of fused-ring (bicyclic) bond motifs is 1. The fourth-order valence-corrected chi connectivity index (χ4v) is 5.11. The molecule has 1 aromatic carbocycles. The zero-order valence-corrected chi connectivity index (χ0v) is 20.7. The van der Waals surface area contributed by atoms with Crippen molar-refractivity contribution in [3.8, 4) is 16.9 Å². The first-order valence-electron chi connectivity index (χ1n) is 12.5. The summed E-state index contributed by atoms with van der Waals surface area (Å²) in [5, 5.41) is 3.09. The van der Waals surface area contributed by atoms with Crippen LogP contribution in [0, 0.1) is 13.8 Å². The molecule has 0 unspecified atom stereocenters. The molecule has 0 saturated carbocycles. The number of nitrogens with zero attached hydrogens (tertiary/aromatic N) is 5. The molecule has 0 atom stereocenters. The van der Waals surface area contributed by atoms with Crippen LogP contribution >= 0.6 is 0 Å².